The maximum atomic E-state index is 14.1. The number of hydrogen-bond donors (Lipinski definition) is 5. The summed E-state index contributed by atoms with van der Waals surface area (Å²) in [5, 5.41) is 7.73. The molecule has 6 rings (SSSR count). The van der Waals surface area contributed by atoms with Gasteiger partial charge < -0.3 is 35.8 Å². The fourth-order valence-corrected chi connectivity index (χ4v) is 6.93. The zero-order valence-electron chi connectivity index (χ0n) is 28.3. The monoisotopic (exact) mass is 703 g/mol. The molecule has 0 unspecified atom stereocenters. The lowest BCUT2D eigenvalue weighted by atomic mass is 10.0. The molecule has 2 amide bonds. The SMILES string of the molecule is COc1ccc(CSC[C@H](NC(=O)[C@H](Cc2c[nH]c3ccccc23)NC(=O)[C@@H](N)Cc2c[nH]c3ccccc23)C(=O)OCc2ccccc2)cc1. The summed E-state index contributed by atoms with van der Waals surface area (Å²) < 4.78 is 10.9. The highest BCUT2D eigenvalue weighted by Gasteiger charge is 2.30. The van der Waals surface area contributed by atoms with Gasteiger partial charge in [-0.3, -0.25) is 9.59 Å². The molecule has 3 atom stereocenters. The van der Waals surface area contributed by atoms with Crippen LogP contribution in [0.4, 0.5) is 0 Å². The Morgan fingerprint density at radius 3 is 1.94 bits per heavy atom. The number of rotatable bonds is 16. The average molecular weight is 704 g/mol. The van der Waals surface area contributed by atoms with E-state index in [1.807, 2.05) is 116 Å². The number of nitrogens with one attached hydrogen (secondary N) is 4. The average Bonchev–Trinajstić information content (AvgIpc) is 3.77. The fourth-order valence-electron chi connectivity index (χ4n) is 5.93. The van der Waals surface area contributed by atoms with Crippen molar-refractivity contribution in [2.24, 2.45) is 5.73 Å². The summed E-state index contributed by atoms with van der Waals surface area (Å²) in [5.41, 5.74) is 11.9. The van der Waals surface area contributed by atoms with E-state index in [0.717, 1.165) is 49.8 Å². The summed E-state index contributed by atoms with van der Waals surface area (Å²) >= 11 is 1.49. The van der Waals surface area contributed by atoms with Crippen LogP contribution in [0.1, 0.15) is 22.3 Å². The molecule has 2 heterocycles. The molecule has 0 aliphatic rings. The molecule has 11 heteroatoms. The van der Waals surface area contributed by atoms with Crippen molar-refractivity contribution < 1.29 is 23.9 Å². The lowest BCUT2D eigenvalue weighted by molar-refractivity contribution is -0.148. The molecular formula is C40H41N5O5S. The Morgan fingerprint density at radius 2 is 1.29 bits per heavy atom. The molecule has 6 N–H and O–H groups in total. The second kappa shape index (κ2) is 16.9. The largest absolute Gasteiger partial charge is 0.497 e. The number of nitrogens with two attached hydrogens (primary N) is 1. The Kier molecular flexibility index (Phi) is 11.7. The Hall–Kier alpha value is -5.52. The number of hydrogen-bond acceptors (Lipinski definition) is 7. The third kappa shape index (κ3) is 9.19. The maximum Gasteiger partial charge on any atom is 0.329 e. The van der Waals surface area contributed by atoms with Gasteiger partial charge in [0.15, 0.2) is 0 Å². The fraction of sp³-hybridized carbons (Fsp3) is 0.225. The van der Waals surface area contributed by atoms with Crippen molar-refractivity contribution in [3.8, 4) is 5.75 Å². The predicted octanol–water partition coefficient (Wildman–Crippen LogP) is 5.42. The second-order valence-electron chi connectivity index (χ2n) is 12.3. The van der Waals surface area contributed by atoms with Gasteiger partial charge >= 0.3 is 5.97 Å². The van der Waals surface area contributed by atoms with Crippen LogP contribution in [0.25, 0.3) is 21.8 Å². The number of fused-ring (bicyclic) bond motifs is 2. The number of carbonyl (C=O) groups excluding carboxylic acids is 3. The Balaban J connectivity index is 1.19. The smallest absolute Gasteiger partial charge is 0.329 e. The molecule has 10 nitrogen and oxygen atoms in total. The topological polar surface area (TPSA) is 151 Å². The van der Waals surface area contributed by atoms with Gasteiger partial charge in [0.1, 0.15) is 24.4 Å². The molecule has 0 saturated heterocycles. The van der Waals surface area contributed by atoms with E-state index in [-0.39, 0.29) is 25.2 Å². The number of benzene rings is 4. The molecule has 0 aliphatic carbocycles. The van der Waals surface area contributed by atoms with Crippen molar-refractivity contribution >= 4 is 51.4 Å². The van der Waals surface area contributed by atoms with Gasteiger partial charge in [-0.2, -0.15) is 11.8 Å². The third-order valence-corrected chi connectivity index (χ3v) is 9.83. The van der Waals surface area contributed by atoms with Crippen molar-refractivity contribution in [3.05, 3.63) is 138 Å². The van der Waals surface area contributed by atoms with Crippen LogP contribution < -0.4 is 21.1 Å². The summed E-state index contributed by atoms with van der Waals surface area (Å²) in [6.45, 7) is 0.0629. The summed E-state index contributed by atoms with van der Waals surface area (Å²) in [4.78, 5) is 47.7. The van der Waals surface area contributed by atoms with Gasteiger partial charge in [-0.25, -0.2) is 4.79 Å². The van der Waals surface area contributed by atoms with Gasteiger partial charge in [0, 0.05) is 52.1 Å². The van der Waals surface area contributed by atoms with Crippen LogP contribution in [-0.4, -0.2) is 58.7 Å². The first kappa shape index (κ1) is 35.3. The van der Waals surface area contributed by atoms with Crippen molar-refractivity contribution in [1.82, 2.24) is 20.6 Å². The molecule has 0 aliphatic heterocycles. The van der Waals surface area contributed by atoms with Crippen LogP contribution in [0.5, 0.6) is 5.75 Å². The molecule has 51 heavy (non-hydrogen) atoms. The zero-order chi connectivity index (χ0) is 35.6. The van der Waals surface area contributed by atoms with Crippen molar-refractivity contribution in [2.45, 2.75) is 43.3 Å². The molecule has 2 aromatic heterocycles. The standard InChI is InChI=1S/C40H41N5O5S/c1-49-30-17-15-27(16-18-30)24-51-25-37(40(48)50-23-26-9-3-2-4-10-26)45-39(47)36(20-29-22-43-35-14-8-6-12-32(29)35)44-38(46)33(41)19-28-21-42-34-13-7-5-11-31(28)34/h2-18,21-22,33,36-37,42-43H,19-20,23-25,41H2,1H3,(H,44,46)(H,45,47)/t33-,36-,37-/m0/s1. The lowest BCUT2D eigenvalue weighted by Gasteiger charge is -2.24. The number of aromatic nitrogens is 2. The highest BCUT2D eigenvalue weighted by Crippen LogP contribution is 2.22. The first-order chi connectivity index (χ1) is 24.9. The van der Waals surface area contributed by atoms with Gasteiger partial charge in [-0.15, -0.1) is 0 Å². The number of methoxy groups -OCH3 is 1. The first-order valence-electron chi connectivity index (χ1n) is 16.8. The number of esters is 1. The van der Waals surface area contributed by atoms with E-state index in [1.54, 1.807) is 7.11 Å². The minimum Gasteiger partial charge on any atom is -0.497 e. The Labute approximate surface area is 300 Å². The third-order valence-electron chi connectivity index (χ3n) is 8.72. The quantitative estimate of drug-likeness (QED) is 0.0846. The van der Waals surface area contributed by atoms with Gasteiger partial charge in [0.2, 0.25) is 11.8 Å². The van der Waals surface area contributed by atoms with Gasteiger partial charge in [0.25, 0.3) is 0 Å². The van der Waals surface area contributed by atoms with E-state index in [0.29, 0.717) is 5.75 Å². The normalized spacial score (nSPS) is 13.0. The van der Waals surface area contributed by atoms with E-state index in [9.17, 15) is 14.4 Å². The van der Waals surface area contributed by atoms with Crippen LogP contribution >= 0.6 is 11.8 Å². The number of para-hydroxylation sites is 2. The first-order valence-corrected chi connectivity index (χ1v) is 17.9. The summed E-state index contributed by atoms with van der Waals surface area (Å²) in [5.74, 6) is 0.0437. The molecular weight excluding hydrogens is 663 g/mol. The maximum absolute atomic E-state index is 14.1. The highest BCUT2D eigenvalue weighted by atomic mass is 32.2. The van der Waals surface area contributed by atoms with E-state index >= 15 is 0 Å². The molecule has 6 aromatic rings. The molecule has 4 aromatic carbocycles. The van der Waals surface area contributed by atoms with Crippen LogP contribution in [-0.2, 0) is 44.3 Å². The lowest BCUT2D eigenvalue weighted by Crippen LogP contribution is -2.56. The number of amides is 2. The molecule has 0 saturated carbocycles. The van der Waals surface area contributed by atoms with Crippen LogP contribution in [0.15, 0.2) is 116 Å². The number of carbonyl (C=O) groups is 3. The van der Waals surface area contributed by atoms with Gasteiger partial charge in [-0.1, -0.05) is 78.9 Å². The number of thioether (sulfide) groups is 1. The van der Waals surface area contributed by atoms with E-state index in [2.05, 4.69) is 20.6 Å². The molecule has 0 bridgehead atoms. The van der Waals surface area contributed by atoms with Crippen LogP contribution in [0, 0.1) is 0 Å². The van der Waals surface area contributed by atoms with Crippen LogP contribution in [0.2, 0.25) is 0 Å². The molecule has 0 spiro atoms. The summed E-state index contributed by atoms with van der Waals surface area (Å²) in [6, 6.07) is 29.7. The van der Waals surface area contributed by atoms with Gasteiger partial charge in [-0.05, 0) is 52.9 Å². The number of H-pyrrole nitrogens is 2. The Morgan fingerprint density at radius 1 is 0.706 bits per heavy atom. The number of aromatic amines is 2. The molecule has 0 radical (unpaired) electrons. The zero-order valence-corrected chi connectivity index (χ0v) is 29.1. The minimum atomic E-state index is -1.03. The summed E-state index contributed by atoms with van der Waals surface area (Å²) in [7, 11) is 1.61. The molecule has 262 valence electrons. The predicted molar refractivity (Wildman–Crippen MR) is 201 cm³/mol. The van der Waals surface area contributed by atoms with E-state index in [1.165, 1.54) is 11.8 Å². The summed E-state index contributed by atoms with van der Waals surface area (Å²) in [6.07, 6.45) is 4.13. The number of ether oxygens (including phenoxy) is 2. The van der Waals surface area contributed by atoms with Crippen molar-refractivity contribution in [3.63, 3.8) is 0 Å². The van der Waals surface area contributed by atoms with Gasteiger partial charge in [0.05, 0.1) is 13.2 Å². The highest BCUT2D eigenvalue weighted by molar-refractivity contribution is 7.98. The molecule has 0 fully saturated rings. The van der Waals surface area contributed by atoms with Crippen molar-refractivity contribution in [1.29, 1.82) is 0 Å². The van der Waals surface area contributed by atoms with Crippen LogP contribution in [0.3, 0.4) is 0 Å². The minimum absolute atomic E-state index is 0.0629. The Bertz CT molecular complexity index is 2080. The second-order valence-corrected chi connectivity index (χ2v) is 13.3. The van der Waals surface area contributed by atoms with Crippen molar-refractivity contribution in [2.75, 3.05) is 12.9 Å². The van der Waals surface area contributed by atoms with E-state index < -0.39 is 35.9 Å². The van der Waals surface area contributed by atoms with E-state index in [4.69, 9.17) is 15.2 Å².